The van der Waals surface area contributed by atoms with Crippen molar-refractivity contribution in [1.82, 2.24) is 20.1 Å². The van der Waals surface area contributed by atoms with Crippen LogP contribution in [0, 0.1) is 5.82 Å². The van der Waals surface area contributed by atoms with Gasteiger partial charge in [-0.3, -0.25) is 0 Å². The molecule has 0 aliphatic rings. The van der Waals surface area contributed by atoms with Gasteiger partial charge in [0, 0.05) is 6.04 Å². The molecule has 5 heteroatoms. The maximum absolute atomic E-state index is 12.8. The summed E-state index contributed by atoms with van der Waals surface area (Å²) in [6, 6.07) is 6.84. The molecule has 0 bridgehead atoms. The first-order valence-electron chi connectivity index (χ1n) is 5.99. The monoisotopic (exact) mass is 248 g/mol. The molecule has 1 N–H and O–H groups in total. The van der Waals surface area contributed by atoms with Crippen molar-refractivity contribution in [3.05, 3.63) is 47.8 Å². The fourth-order valence-electron chi connectivity index (χ4n) is 1.62. The summed E-state index contributed by atoms with van der Waals surface area (Å²) in [7, 11) is 0. The molecule has 0 radical (unpaired) electrons. The predicted octanol–water partition coefficient (Wildman–Crippen LogP) is 1.96. The van der Waals surface area contributed by atoms with Crippen LogP contribution in [0.5, 0.6) is 0 Å². The second-order valence-electron chi connectivity index (χ2n) is 4.50. The van der Waals surface area contributed by atoms with Gasteiger partial charge in [-0.1, -0.05) is 26.0 Å². The summed E-state index contributed by atoms with van der Waals surface area (Å²) in [6.45, 7) is 5.45. The Balaban J connectivity index is 2.05. The van der Waals surface area contributed by atoms with E-state index in [2.05, 4.69) is 29.2 Å². The van der Waals surface area contributed by atoms with Gasteiger partial charge in [-0.15, -0.1) is 0 Å². The van der Waals surface area contributed by atoms with Gasteiger partial charge in [0.25, 0.3) is 0 Å². The first-order chi connectivity index (χ1) is 8.65. The molecule has 2 aromatic rings. The maximum Gasteiger partial charge on any atom is 0.141 e. The lowest BCUT2D eigenvalue weighted by Gasteiger charge is -2.09. The first kappa shape index (κ1) is 12.7. The van der Waals surface area contributed by atoms with Crippen molar-refractivity contribution in [2.75, 3.05) is 0 Å². The lowest BCUT2D eigenvalue weighted by molar-refractivity contribution is 0.538. The van der Waals surface area contributed by atoms with Crippen LogP contribution >= 0.6 is 0 Å². The number of rotatable bonds is 5. The number of hydrogen-bond donors (Lipinski definition) is 1. The molecule has 0 unspecified atom stereocenters. The smallest absolute Gasteiger partial charge is 0.141 e. The maximum atomic E-state index is 12.8. The Bertz CT molecular complexity index is 490. The number of nitrogens with zero attached hydrogens (tertiary/aromatic N) is 3. The third-order valence-corrected chi connectivity index (χ3v) is 2.61. The zero-order valence-electron chi connectivity index (χ0n) is 10.6. The van der Waals surface area contributed by atoms with Crippen molar-refractivity contribution >= 4 is 0 Å². The van der Waals surface area contributed by atoms with E-state index in [1.807, 2.05) is 4.68 Å². The molecule has 1 heterocycles. The van der Waals surface area contributed by atoms with Crippen molar-refractivity contribution in [2.24, 2.45) is 0 Å². The summed E-state index contributed by atoms with van der Waals surface area (Å²) >= 11 is 0. The van der Waals surface area contributed by atoms with E-state index in [0.29, 0.717) is 19.1 Å². The molecule has 2 rings (SSSR count). The van der Waals surface area contributed by atoms with Crippen LogP contribution in [0.4, 0.5) is 4.39 Å². The molecule has 0 aliphatic carbocycles. The number of nitrogens with one attached hydrogen (secondary N) is 1. The van der Waals surface area contributed by atoms with E-state index in [1.165, 1.54) is 12.1 Å². The molecule has 1 aromatic carbocycles. The molecular formula is C13H17FN4. The first-order valence-corrected chi connectivity index (χ1v) is 5.99. The normalized spacial score (nSPS) is 11.1. The SMILES string of the molecule is CC(C)NCc1ncnn1Cc1ccc(F)cc1. The van der Waals surface area contributed by atoms with Gasteiger partial charge in [-0.2, -0.15) is 5.10 Å². The van der Waals surface area contributed by atoms with Crippen molar-refractivity contribution in [3.8, 4) is 0 Å². The van der Waals surface area contributed by atoms with Crippen molar-refractivity contribution < 1.29 is 4.39 Å². The summed E-state index contributed by atoms with van der Waals surface area (Å²) in [5.74, 6) is 0.659. The molecule has 1 aromatic heterocycles. The lowest BCUT2D eigenvalue weighted by atomic mass is 10.2. The van der Waals surface area contributed by atoms with E-state index in [0.717, 1.165) is 11.4 Å². The van der Waals surface area contributed by atoms with Gasteiger partial charge < -0.3 is 5.32 Å². The highest BCUT2D eigenvalue weighted by Gasteiger charge is 2.05. The van der Waals surface area contributed by atoms with Gasteiger partial charge in [0.15, 0.2) is 0 Å². The van der Waals surface area contributed by atoms with Crippen LogP contribution in [0.15, 0.2) is 30.6 Å². The second kappa shape index (κ2) is 5.73. The highest BCUT2D eigenvalue weighted by Crippen LogP contribution is 2.06. The molecular weight excluding hydrogens is 231 g/mol. The number of benzene rings is 1. The summed E-state index contributed by atoms with van der Waals surface area (Å²) in [5, 5.41) is 7.48. The van der Waals surface area contributed by atoms with Crippen LogP contribution in [0.3, 0.4) is 0 Å². The number of aromatic nitrogens is 3. The molecule has 18 heavy (non-hydrogen) atoms. The topological polar surface area (TPSA) is 42.7 Å². The summed E-state index contributed by atoms with van der Waals surface area (Å²) in [6.07, 6.45) is 1.54. The number of halogens is 1. The van der Waals surface area contributed by atoms with E-state index in [1.54, 1.807) is 18.5 Å². The average molecular weight is 248 g/mol. The van der Waals surface area contributed by atoms with Crippen LogP contribution in [0.25, 0.3) is 0 Å². The fraction of sp³-hybridized carbons (Fsp3) is 0.385. The van der Waals surface area contributed by atoms with E-state index in [9.17, 15) is 4.39 Å². The second-order valence-corrected chi connectivity index (χ2v) is 4.50. The van der Waals surface area contributed by atoms with Crippen LogP contribution in [0.1, 0.15) is 25.2 Å². The van der Waals surface area contributed by atoms with Gasteiger partial charge in [0.1, 0.15) is 18.0 Å². The highest BCUT2D eigenvalue weighted by molar-refractivity contribution is 5.16. The van der Waals surface area contributed by atoms with Gasteiger partial charge >= 0.3 is 0 Å². The average Bonchev–Trinajstić information content (AvgIpc) is 2.77. The van der Waals surface area contributed by atoms with E-state index >= 15 is 0 Å². The minimum Gasteiger partial charge on any atom is -0.308 e. The predicted molar refractivity (Wildman–Crippen MR) is 67.5 cm³/mol. The van der Waals surface area contributed by atoms with Crippen LogP contribution in [0.2, 0.25) is 0 Å². The molecule has 0 amide bonds. The minimum atomic E-state index is -0.223. The minimum absolute atomic E-state index is 0.223. The number of hydrogen-bond acceptors (Lipinski definition) is 3. The lowest BCUT2D eigenvalue weighted by Crippen LogP contribution is -2.24. The third kappa shape index (κ3) is 3.37. The Morgan fingerprint density at radius 2 is 2.00 bits per heavy atom. The fourth-order valence-corrected chi connectivity index (χ4v) is 1.62. The van der Waals surface area contributed by atoms with E-state index in [-0.39, 0.29) is 5.82 Å². The van der Waals surface area contributed by atoms with Crippen LogP contribution in [-0.2, 0) is 13.1 Å². The van der Waals surface area contributed by atoms with Crippen LogP contribution in [-0.4, -0.2) is 20.8 Å². The molecule has 0 aliphatic heterocycles. The summed E-state index contributed by atoms with van der Waals surface area (Å²) in [4.78, 5) is 4.22. The Hall–Kier alpha value is -1.75. The van der Waals surface area contributed by atoms with Crippen LogP contribution < -0.4 is 5.32 Å². The molecule has 0 saturated heterocycles. The van der Waals surface area contributed by atoms with Crippen molar-refractivity contribution in [1.29, 1.82) is 0 Å². The van der Waals surface area contributed by atoms with Gasteiger partial charge in [-0.05, 0) is 17.7 Å². The zero-order valence-corrected chi connectivity index (χ0v) is 10.6. The Labute approximate surface area is 106 Å². The standard InChI is InChI=1S/C13H17FN4/c1-10(2)15-7-13-16-9-17-18(13)8-11-3-5-12(14)6-4-11/h3-6,9-10,15H,7-8H2,1-2H3. The summed E-state index contributed by atoms with van der Waals surface area (Å²) < 4.78 is 14.6. The third-order valence-electron chi connectivity index (χ3n) is 2.61. The van der Waals surface area contributed by atoms with Gasteiger partial charge in [0.2, 0.25) is 0 Å². The molecule has 0 atom stereocenters. The molecule has 0 spiro atoms. The Kier molecular flexibility index (Phi) is 4.04. The van der Waals surface area contributed by atoms with E-state index < -0.39 is 0 Å². The van der Waals surface area contributed by atoms with Crippen molar-refractivity contribution in [3.63, 3.8) is 0 Å². The van der Waals surface area contributed by atoms with E-state index in [4.69, 9.17) is 0 Å². The largest absolute Gasteiger partial charge is 0.308 e. The highest BCUT2D eigenvalue weighted by atomic mass is 19.1. The van der Waals surface area contributed by atoms with Crippen molar-refractivity contribution in [2.45, 2.75) is 33.0 Å². The summed E-state index contributed by atoms with van der Waals surface area (Å²) in [5.41, 5.74) is 1.01. The Morgan fingerprint density at radius 1 is 1.28 bits per heavy atom. The molecule has 0 fully saturated rings. The Morgan fingerprint density at radius 3 is 2.67 bits per heavy atom. The molecule has 96 valence electrons. The molecule has 4 nitrogen and oxygen atoms in total. The molecule has 0 saturated carbocycles. The quantitative estimate of drug-likeness (QED) is 0.879. The van der Waals surface area contributed by atoms with Gasteiger partial charge in [-0.25, -0.2) is 14.1 Å². The zero-order chi connectivity index (χ0) is 13.0. The van der Waals surface area contributed by atoms with Gasteiger partial charge in [0.05, 0.1) is 13.1 Å².